The second kappa shape index (κ2) is 9.31. The molecule has 0 aromatic rings. The smallest absolute Gasteiger partial charge is 0.0563 e. The van der Waals surface area contributed by atoms with Crippen LogP contribution in [0.5, 0.6) is 0 Å². The van der Waals surface area contributed by atoms with Gasteiger partial charge in [-0.05, 0) is 5.75 Å². The summed E-state index contributed by atoms with van der Waals surface area (Å²) < 4.78 is 0.449. The van der Waals surface area contributed by atoms with Gasteiger partial charge in [0.15, 0.2) is 0 Å². The molecule has 0 aliphatic carbocycles. The first-order chi connectivity index (χ1) is 5.66. The first kappa shape index (κ1) is 13.8. The summed E-state index contributed by atoms with van der Waals surface area (Å²) in [6, 6.07) is 0. The summed E-state index contributed by atoms with van der Waals surface area (Å²) in [5, 5.41) is 0.472. The van der Waals surface area contributed by atoms with E-state index in [0.29, 0.717) is 9.83 Å². The molecule has 0 aliphatic rings. The van der Waals surface area contributed by atoms with Gasteiger partial charge in [0.1, 0.15) is 0 Å². The maximum absolute atomic E-state index is 4.46. The van der Waals surface area contributed by atoms with Crippen molar-refractivity contribution in [3.8, 4) is 0 Å². The largest absolute Gasteiger partial charge is 0.179 e. The lowest BCUT2D eigenvalue weighted by Crippen LogP contribution is -2.03. The third-order valence-electron chi connectivity index (χ3n) is 1.03. The van der Waals surface area contributed by atoms with Crippen molar-refractivity contribution >= 4 is 61.4 Å². The molecule has 2 atom stereocenters. The van der Waals surface area contributed by atoms with Gasteiger partial charge in [-0.25, -0.2) is 0 Å². The Morgan fingerprint density at radius 2 is 1.92 bits per heavy atom. The molecule has 0 nitrogen and oxygen atoms in total. The normalized spacial score (nSPS) is 16.0. The van der Waals surface area contributed by atoms with Gasteiger partial charge in [-0.1, -0.05) is 6.92 Å². The monoisotopic (exact) mass is 260 g/mol. The second-order valence-corrected chi connectivity index (χ2v) is 7.12. The molecule has 0 N–H and O–H groups in total. The van der Waals surface area contributed by atoms with E-state index in [1.54, 1.807) is 0 Å². The quantitative estimate of drug-likeness (QED) is 0.366. The predicted octanol–water partition coefficient (Wildman–Crippen LogP) is 2.96. The van der Waals surface area contributed by atoms with Gasteiger partial charge in [-0.3, -0.25) is 0 Å². The summed E-state index contributed by atoms with van der Waals surface area (Å²) in [5.41, 5.74) is 0. The molecule has 74 valence electrons. The van der Waals surface area contributed by atoms with Crippen LogP contribution in [-0.4, -0.2) is 32.8 Å². The van der Waals surface area contributed by atoms with Crippen LogP contribution in [0.3, 0.4) is 0 Å². The maximum Gasteiger partial charge on any atom is 0.0563 e. The van der Waals surface area contributed by atoms with E-state index in [2.05, 4.69) is 44.8 Å². The summed E-state index contributed by atoms with van der Waals surface area (Å²) in [7, 11) is 0. The Kier molecular flexibility index (Phi) is 10.7. The van der Waals surface area contributed by atoms with E-state index < -0.39 is 0 Å². The van der Waals surface area contributed by atoms with Crippen LogP contribution in [0.4, 0.5) is 0 Å². The van der Waals surface area contributed by atoms with Crippen molar-refractivity contribution in [2.75, 3.05) is 23.0 Å². The average Bonchev–Trinajstić information content (AvgIpc) is 2.01. The van der Waals surface area contributed by atoms with Crippen molar-refractivity contribution < 1.29 is 0 Å². The van der Waals surface area contributed by atoms with Crippen molar-refractivity contribution in [3.63, 3.8) is 0 Å². The number of hydrogen-bond donors (Lipinski definition) is 3. The molecule has 0 radical (unpaired) electrons. The molecule has 0 saturated carbocycles. The minimum absolute atomic E-state index is 0.449. The minimum Gasteiger partial charge on any atom is -0.179 e. The van der Waals surface area contributed by atoms with Crippen LogP contribution in [-0.2, 0) is 0 Å². The first-order valence-corrected chi connectivity index (χ1v) is 7.70. The van der Waals surface area contributed by atoms with E-state index >= 15 is 0 Å². The van der Waals surface area contributed by atoms with Crippen molar-refractivity contribution in [3.05, 3.63) is 0 Å². The molecule has 0 saturated heterocycles. The Balaban J connectivity index is 3.15. The Morgan fingerprint density at radius 3 is 2.42 bits per heavy atom. The molecule has 2 unspecified atom stereocenters. The fraction of sp³-hybridized carbons (Fsp3) is 1.00. The van der Waals surface area contributed by atoms with E-state index in [1.165, 1.54) is 0 Å². The molecule has 0 fully saturated rings. The number of hydrogen-bond acceptors (Lipinski definition) is 5. The van der Waals surface area contributed by atoms with E-state index in [9.17, 15) is 0 Å². The highest BCUT2D eigenvalue weighted by Gasteiger charge is 2.04. The topological polar surface area (TPSA) is 0 Å². The molecule has 0 bridgehead atoms. The summed E-state index contributed by atoms with van der Waals surface area (Å²) in [4.78, 5) is 0. The maximum atomic E-state index is 4.46. The number of rotatable bonds is 7. The molecule has 0 aromatic carbocycles. The lowest BCUT2D eigenvalue weighted by Gasteiger charge is -2.10. The lowest BCUT2D eigenvalue weighted by atomic mass is 10.6. The molecule has 0 rings (SSSR count). The van der Waals surface area contributed by atoms with Gasteiger partial charge in [-0.15, -0.1) is 11.8 Å². The number of thiol groups is 3. The number of thioether (sulfide) groups is 2. The van der Waals surface area contributed by atoms with Gasteiger partial charge in [0.05, 0.1) is 4.58 Å². The molecule has 0 spiro atoms. The molecular formula is C7H16S5. The summed E-state index contributed by atoms with van der Waals surface area (Å²) in [6.07, 6.45) is 0. The Morgan fingerprint density at radius 1 is 1.25 bits per heavy atom. The van der Waals surface area contributed by atoms with Gasteiger partial charge < -0.3 is 0 Å². The predicted molar refractivity (Wildman–Crippen MR) is 74.9 cm³/mol. The van der Waals surface area contributed by atoms with Crippen molar-refractivity contribution in [1.82, 2.24) is 0 Å². The van der Waals surface area contributed by atoms with Crippen LogP contribution in [0, 0.1) is 0 Å². The highest BCUT2D eigenvalue weighted by molar-refractivity contribution is 8.12. The first-order valence-electron chi connectivity index (χ1n) is 3.83. The van der Waals surface area contributed by atoms with E-state index in [0.717, 1.165) is 23.0 Å². The summed E-state index contributed by atoms with van der Waals surface area (Å²) in [5.74, 6) is 4.27. The molecule has 0 aliphatic heterocycles. The molecule has 5 heteroatoms. The lowest BCUT2D eigenvalue weighted by molar-refractivity contribution is 1.14. The highest BCUT2D eigenvalue weighted by Crippen LogP contribution is 2.21. The zero-order valence-corrected chi connectivity index (χ0v) is 11.5. The van der Waals surface area contributed by atoms with Crippen molar-refractivity contribution in [2.24, 2.45) is 0 Å². The zero-order chi connectivity index (χ0) is 9.40. The second-order valence-electron chi connectivity index (χ2n) is 2.44. The van der Waals surface area contributed by atoms with Gasteiger partial charge in [-0.2, -0.15) is 49.6 Å². The van der Waals surface area contributed by atoms with Crippen LogP contribution in [0.25, 0.3) is 0 Å². The van der Waals surface area contributed by atoms with E-state index in [-0.39, 0.29) is 0 Å². The highest BCUT2D eigenvalue weighted by atomic mass is 32.2. The third kappa shape index (κ3) is 9.84. The Bertz CT molecular complexity index is 95.8. The SMILES string of the molecule is CC(S)CSC(S)CSCCS. The molecule has 0 heterocycles. The summed E-state index contributed by atoms with van der Waals surface area (Å²) in [6.45, 7) is 2.11. The zero-order valence-electron chi connectivity index (χ0n) is 7.14. The van der Waals surface area contributed by atoms with Gasteiger partial charge in [0.25, 0.3) is 0 Å². The Hall–Kier alpha value is 1.75. The minimum atomic E-state index is 0.449. The van der Waals surface area contributed by atoms with Gasteiger partial charge in [0.2, 0.25) is 0 Å². The van der Waals surface area contributed by atoms with E-state index in [4.69, 9.17) is 0 Å². The summed E-state index contributed by atoms with van der Waals surface area (Å²) >= 11 is 16.7. The van der Waals surface area contributed by atoms with Crippen LogP contribution < -0.4 is 0 Å². The third-order valence-corrected chi connectivity index (χ3v) is 5.38. The van der Waals surface area contributed by atoms with Crippen LogP contribution in [0.1, 0.15) is 6.92 Å². The molecule has 0 aromatic heterocycles. The molecular weight excluding hydrogens is 244 g/mol. The Labute approximate surface area is 101 Å². The van der Waals surface area contributed by atoms with Crippen molar-refractivity contribution in [1.29, 1.82) is 0 Å². The van der Waals surface area contributed by atoms with Crippen LogP contribution in [0.15, 0.2) is 0 Å². The molecule has 0 amide bonds. The fourth-order valence-electron chi connectivity index (χ4n) is 0.547. The average molecular weight is 261 g/mol. The van der Waals surface area contributed by atoms with Crippen LogP contribution >= 0.6 is 61.4 Å². The van der Waals surface area contributed by atoms with Gasteiger partial charge in [0, 0.05) is 22.5 Å². The fourth-order valence-corrected chi connectivity index (χ4v) is 3.44. The standard InChI is InChI=1S/C7H16S5/c1-6(9)4-12-7(10)5-11-3-2-8/h6-10H,2-5H2,1H3. The molecule has 12 heavy (non-hydrogen) atoms. The van der Waals surface area contributed by atoms with Crippen molar-refractivity contribution in [2.45, 2.75) is 16.8 Å². The van der Waals surface area contributed by atoms with Crippen LogP contribution in [0.2, 0.25) is 0 Å². The van der Waals surface area contributed by atoms with E-state index in [1.807, 2.05) is 23.5 Å². The van der Waals surface area contributed by atoms with Gasteiger partial charge >= 0.3 is 0 Å².